The number of nitrogens with one attached hydrogen (secondary N) is 3. The topological polar surface area (TPSA) is 62.4 Å². The summed E-state index contributed by atoms with van der Waals surface area (Å²) in [6, 6.07) is 16.5. The van der Waals surface area contributed by atoms with Crippen LogP contribution in [0, 0.1) is 0 Å². The number of hydrogen-bond acceptors (Lipinski definition) is 3. The molecule has 3 N–H and O–H groups in total. The summed E-state index contributed by atoms with van der Waals surface area (Å²) < 4.78 is 5.68. The second-order valence-electron chi connectivity index (χ2n) is 5.15. The number of benzene rings is 2. The van der Waals surface area contributed by atoms with Crippen molar-refractivity contribution in [3.05, 3.63) is 60.2 Å². The first-order valence-electron chi connectivity index (χ1n) is 7.24. The Morgan fingerprint density at radius 2 is 1.57 bits per heavy atom. The van der Waals surface area contributed by atoms with Crippen molar-refractivity contribution in [2.24, 2.45) is 0 Å². The van der Waals surface area contributed by atoms with E-state index in [0.717, 1.165) is 5.75 Å². The summed E-state index contributed by atoms with van der Waals surface area (Å²) in [6.45, 7) is 3.92. The van der Waals surface area contributed by atoms with E-state index < -0.39 is 0 Å². The smallest absolute Gasteiger partial charge is 0.269 e. The summed E-state index contributed by atoms with van der Waals surface area (Å²) >= 11 is 5.04. The van der Waals surface area contributed by atoms with Gasteiger partial charge in [-0.05, 0) is 62.5 Å². The molecule has 0 saturated heterocycles. The molecule has 2 rings (SSSR count). The zero-order valence-corrected chi connectivity index (χ0v) is 13.8. The van der Waals surface area contributed by atoms with Crippen LogP contribution in [0.15, 0.2) is 54.6 Å². The molecular formula is C17H19N3O2S. The van der Waals surface area contributed by atoms with Gasteiger partial charge in [0.15, 0.2) is 5.11 Å². The van der Waals surface area contributed by atoms with E-state index in [0.29, 0.717) is 16.4 Å². The fourth-order valence-electron chi connectivity index (χ4n) is 1.78. The monoisotopic (exact) mass is 329 g/mol. The summed E-state index contributed by atoms with van der Waals surface area (Å²) in [4.78, 5) is 12.0. The summed E-state index contributed by atoms with van der Waals surface area (Å²) in [6.07, 6.45) is 0. The average molecular weight is 329 g/mol. The Hall–Kier alpha value is -2.60. The summed E-state index contributed by atoms with van der Waals surface area (Å²) in [5, 5.41) is 3.34. The summed E-state index contributed by atoms with van der Waals surface area (Å²) in [5.74, 6) is 1.14. The highest BCUT2D eigenvalue weighted by Gasteiger charge is 2.06. The van der Waals surface area contributed by atoms with Crippen molar-refractivity contribution in [2.75, 3.05) is 0 Å². The van der Waals surface area contributed by atoms with Crippen LogP contribution < -0.4 is 20.9 Å². The molecule has 0 aromatic heterocycles. The largest absolute Gasteiger partial charge is 0.457 e. The predicted molar refractivity (Wildman–Crippen MR) is 94.4 cm³/mol. The van der Waals surface area contributed by atoms with Gasteiger partial charge in [0.2, 0.25) is 0 Å². The van der Waals surface area contributed by atoms with Crippen LogP contribution >= 0.6 is 12.2 Å². The summed E-state index contributed by atoms with van der Waals surface area (Å²) in [5.41, 5.74) is 5.70. The van der Waals surface area contributed by atoms with Crippen molar-refractivity contribution in [2.45, 2.75) is 19.9 Å². The van der Waals surface area contributed by atoms with Crippen molar-refractivity contribution in [1.82, 2.24) is 16.2 Å². The van der Waals surface area contributed by atoms with Gasteiger partial charge in [-0.3, -0.25) is 15.6 Å². The van der Waals surface area contributed by atoms with E-state index in [1.165, 1.54) is 0 Å². The van der Waals surface area contributed by atoms with E-state index in [-0.39, 0.29) is 11.9 Å². The maximum Gasteiger partial charge on any atom is 0.269 e. The molecule has 0 aliphatic rings. The highest BCUT2D eigenvalue weighted by atomic mass is 32.1. The van der Waals surface area contributed by atoms with Gasteiger partial charge in [0.05, 0.1) is 0 Å². The first-order chi connectivity index (χ1) is 11.0. The standard InChI is InChI=1S/C17H19N3O2S/c1-12(2)18-17(23)20-19-16(21)13-8-10-15(11-9-13)22-14-6-4-3-5-7-14/h3-12H,1-2H3,(H,19,21)(H2,18,20,23). The number of carbonyl (C=O) groups excluding carboxylic acids is 1. The minimum absolute atomic E-state index is 0.196. The lowest BCUT2D eigenvalue weighted by molar-refractivity contribution is 0.0943. The Morgan fingerprint density at radius 3 is 2.17 bits per heavy atom. The lowest BCUT2D eigenvalue weighted by atomic mass is 10.2. The third-order valence-corrected chi connectivity index (χ3v) is 3.02. The second kappa shape index (κ2) is 8.14. The molecule has 6 heteroatoms. The molecule has 0 aliphatic carbocycles. The number of para-hydroxylation sites is 1. The molecule has 0 saturated carbocycles. The van der Waals surface area contributed by atoms with E-state index >= 15 is 0 Å². The number of hydrogen-bond donors (Lipinski definition) is 3. The molecule has 120 valence electrons. The van der Waals surface area contributed by atoms with Crippen LogP contribution in [0.1, 0.15) is 24.2 Å². The van der Waals surface area contributed by atoms with Crippen LogP contribution in [0.25, 0.3) is 0 Å². The van der Waals surface area contributed by atoms with Gasteiger partial charge in [0.1, 0.15) is 11.5 Å². The lowest BCUT2D eigenvalue weighted by Crippen LogP contribution is -2.48. The van der Waals surface area contributed by atoms with Crippen LogP contribution in [-0.4, -0.2) is 17.1 Å². The first-order valence-corrected chi connectivity index (χ1v) is 7.65. The van der Waals surface area contributed by atoms with Crippen molar-refractivity contribution in [3.8, 4) is 11.5 Å². The van der Waals surface area contributed by atoms with Gasteiger partial charge in [-0.15, -0.1) is 0 Å². The Labute approximate surface area is 141 Å². The molecule has 5 nitrogen and oxygen atoms in total. The van der Waals surface area contributed by atoms with Crippen molar-refractivity contribution in [3.63, 3.8) is 0 Å². The molecule has 23 heavy (non-hydrogen) atoms. The normalized spacial score (nSPS) is 10.0. The van der Waals surface area contributed by atoms with Crippen LogP contribution in [0.2, 0.25) is 0 Å². The van der Waals surface area contributed by atoms with Crippen LogP contribution in [-0.2, 0) is 0 Å². The third kappa shape index (κ3) is 5.60. The van der Waals surface area contributed by atoms with Gasteiger partial charge in [0, 0.05) is 11.6 Å². The molecule has 0 bridgehead atoms. The molecule has 0 unspecified atom stereocenters. The fourth-order valence-corrected chi connectivity index (χ4v) is 2.07. The van der Waals surface area contributed by atoms with E-state index in [1.54, 1.807) is 24.3 Å². The minimum Gasteiger partial charge on any atom is -0.457 e. The Morgan fingerprint density at radius 1 is 0.957 bits per heavy atom. The Kier molecular flexibility index (Phi) is 5.94. The molecule has 0 aliphatic heterocycles. The van der Waals surface area contributed by atoms with E-state index in [9.17, 15) is 4.79 Å². The van der Waals surface area contributed by atoms with Gasteiger partial charge < -0.3 is 10.1 Å². The molecule has 0 fully saturated rings. The SMILES string of the molecule is CC(C)NC(=S)NNC(=O)c1ccc(Oc2ccccc2)cc1. The molecular weight excluding hydrogens is 310 g/mol. The number of hydrazine groups is 1. The quantitative estimate of drug-likeness (QED) is 0.594. The van der Waals surface area contributed by atoms with Crippen LogP contribution in [0.4, 0.5) is 0 Å². The van der Waals surface area contributed by atoms with E-state index in [1.807, 2.05) is 44.2 Å². The van der Waals surface area contributed by atoms with Crippen molar-refractivity contribution >= 4 is 23.2 Å². The third-order valence-electron chi connectivity index (χ3n) is 2.80. The van der Waals surface area contributed by atoms with Gasteiger partial charge in [-0.1, -0.05) is 18.2 Å². The second-order valence-corrected chi connectivity index (χ2v) is 5.56. The molecule has 2 aromatic carbocycles. The Bertz CT molecular complexity index is 657. The first kappa shape index (κ1) is 16.8. The van der Waals surface area contributed by atoms with Crippen molar-refractivity contribution in [1.29, 1.82) is 0 Å². The highest BCUT2D eigenvalue weighted by molar-refractivity contribution is 7.80. The zero-order valence-electron chi connectivity index (χ0n) is 13.0. The molecule has 0 radical (unpaired) electrons. The molecule has 1 amide bonds. The predicted octanol–water partition coefficient (Wildman–Crippen LogP) is 3.00. The molecule has 2 aromatic rings. The maximum absolute atomic E-state index is 12.0. The summed E-state index contributed by atoms with van der Waals surface area (Å²) in [7, 11) is 0. The molecule has 0 atom stereocenters. The Balaban J connectivity index is 1.89. The molecule has 0 spiro atoms. The van der Waals surface area contributed by atoms with E-state index in [2.05, 4.69) is 16.2 Å². The highest BCUT2D eigenvalue weighted by Crippen LogP contribution is 2.20. The number of ether oxygens (including phenoxy) is 1. The number of thiocarbonyl (C=S) groups is 1. The number of amides is 1. The maximum atomic E-state index is 12.0. The fraction of sp³-hybridized carbons (Fsp3) is 0.176. The minimum atomic E-state index is -0.274. The molecule has 0 heterocycles. The zero-order chi connectivity index (χ0) is 16.7. The van der Waals surface area contributed by atoms with Gasteiger partial charge >= 0.3 is 0 Å². The van der Waals surface area contributed by atoms with Crippen molar-refractivity contribution < 1.29 is 9.53 Å². The van der Waals surface area contributed by atoms with Crippen LogP contribution in [0.3, 0.4) is 0 Å². The average Bonchev–Trinajstić information content (AvgIpc) is 2.54. The number of carbonyl (C=O) groups is 1. The lowest BCUT2D eigenvalue weighted by Gasteiger charge is -2.13. The van der Waals surface area contributed by atoms with Gasteiger partial charge in [-0.25, -0.2) is 0 Å². The van der Waals surface area contributed by atoms with Gasteiger partial charge in [0.25, 0.3) is 5.91 Å². The van der Waals surface area contributed by atoms with E-state index in [4.69, 9.17) is 17.0 Å². The van der Waals surface area contributed by atoms with Gasteiger partial charge in [-0.2, -0.15) is 0 Å². The van der Waals surface area contributed by atoms with Crippen LogP contribution in [0.5, 0.6) is 11.5 Å². The number of rotatable bonds is 4.